The molecule has 0 saturated carbocycles. The number of ether oxygens (including phenoxy) is 2. The van der Waals surface area contributed by atoms with E-state index in [-0.39, 0.29) is 19.6 Å². The summed E-state index contributed by atoms with van der Waals surface area (Å²) in [6.45, 7) is 3.36. The van der Waals surface area contributed by atoms with Gasteiger partial charge in [-0.2, -0.15) is 8.42 Å². The Kier molecular flexibility index (Phi) is 13.1. The number of nitrogens with two attached hydrogens (primary N) is 2. The molecule has 0 fully saturated rings. The van der Waals surface area contributed by atoms with Crippen molar-refractivity contribution in [3.05, 3.63) is 36.0 Å². The number of hydrogen-bond acceptors (Lipinski definition) is 9. The number of fused-ring (bicyclic) bond motifs is 1. The van der Waals surface area contributed by atoms with Crippen LogP contribution in [-0.2, 0) is 32.7 Å². The van der Waals surface area contributed by atoms with Crippen molar-refractivity contribution in [3.63, 3.8) is 0 Å². The monoisotopic (exact) mass is 518 g/mol. The molecule has 1 heterocycles. The summed E-state index contributed by atoms with van der Waals surface area (Å²) in [5.74, 6) is -0.769. The minimum Gasteiger partial charge on any atom is -0.379 e. The maximum Gasteiger partial charge on any atom is 0.266 e. The smallest absolute Gasteiger partial charge is 0.266 e. The van der Waals surface area contributed by atoms with Gasteiger partial charge >= 0.3 is 0 Å². The van der Waals surface area contributed by atoms with Crippen LogP contribution in [0.3, 0.4) is 0 Å². The first-order valence-electron chi connectivity index (χ1n) is 11.8. The summed E-state index contributed by atoms with van der Waals surface area (Å²) in [5.41, 5.74) is 7.47. The highest BCUT2D eigenvalue weighted by Gasteiger charge is 2.26. The van der Waals surface area contributed by atoms with Crippen LogP contribution in [0.2, 0.25) is 0 Å². The molecular formula is C22H40N5O7S+. The lowest BCUT2D eigenvalue weighted by Gasteiger charge is -2.27. The van der Waals surface area contributed by atoms with Crippen molar-refractivity contribution in [2.24, 2.45) is 5.73 Å². The minimum absolute atomic E-state index is 0.226. The lowest BCUT2D eigenvalue weighted by molar-refractivity contribution is -0.644. The van der Waals surface area contributed by atoms with Gasteiger partial charge in [0.15, 0.2) is 0 Å². The van der Waals surface area contributed by atoms with Crippen molar-refractivity contribution in [3.8, 4) is 0 Å². The van der Waals surface area contributed by atoms with E-state index in [9.17, 15) is 23.2 Å². The van der Waals surface area contributed by atoms with E-state index in [1.54, 1.807) is 0 Å². The molecule has 0 radical (unpaired) electrons. The van der Waals surface area contributed by atoms with E-state index in [2.05, 4.69) is 26.6 Å². The van der Waals surface area contributed by atoms with Crippen LogP contribution in [0, 0.1) is 0 Å². The van der Waals surface area contributed by atoms with E-state index in [4.69, 9.17) is 15.2 Å². The molecular weight excluding hydrogens is 478 g/mol. The number of rotatable bonds is 19. The summed E-state index contributed by atoms with van der Waals surface area (Å²) in [7, 11) is -2.42. The van der Waals surface area contributed by atoms with Gasteiger partial charge in [-0.05, 0) is 12.1 Å². The summed E-state index contributed by atoms with van der Waals surface area (Å²) in [6, 6.07) is 8.93. The second kappa shape index (κ2) is 15.5. The van der Waals surface area contributed by atoms with Crippen LogP contribution in [0.15, 0.2) is 30.3 Å². The number of aliphatic hydroxyl groups excluding tert-OH is 2. The molecule has 0 aliphatic rings. The van der Waals surface area contributed by atoms with Gasteiger partial charge in [0, 0.05) is 37.0 Å². The molecule has 13 heteroatoms. The molecule has 1 aromatic heterocycles. The van der Waals surface area contributed by atoms with E-state index in [1.807, 2.05) is 31.3 Å². The topological polar surface area (TPSA) is 185 Å². The molecule has 0 bridgehead atoms. The van der Waals surface area contributed by atoms with Gasteiger partial charge < -0.3 is 35.3 Å². The number of aryl methyl sites for hydroxylation is 1. The zero-order valence-electron chi connectivity index (χ0n) is 20.2. The molecule has 2 aromatic rings. The Balaban J connectivity index is 1.89. The highest BCUT2D eigenvalue weighted by atomic mass is 32.2. The number of nitrogens with one attached hydrogen (secondary N) is 2. The number of benzene rings is 1. The molecule has 0 amide bonds. The van der Waals surface area contributed by atoms with E-state index in [1.165, 1.54) is 0 Å². The number of para-hydroxylation sites is 1. The van der Waals surface area contributed by atoms with Gasteiger partial charge in [-0.15, -0.1) is 0 Å². The highest BCUT2D eigenvalue weighted by molar-refractivity contribution is 7.85. The fourth-order valence-corrected chi connectivity index (χ4v) is 4.51. The first kappa shape index (κ1) is 29.6. The van der Waals surface area contributed by atoms with Gasteiger partial charge in [0.2, 0.25) is 0 Å². The summed E-state index contributed by atoms with van der Waals surface area (Å²) in [4.78, 5) is 0. The van der Waals surface area contributed by atoms with Crippen LogP contribution in [0.1, 0.15) is 12.1 Å². The molecule has 2 rings (SSSR count). The predicted molar refractivity (Wildman–Crippen MR) is 132 cm³/mol. The van der Waals surface area contributed by atoms with Gasteiger partial charge in [-0.25, -0.2) is 0 Å². The third-order valence-corrected chi connectivity index (χ3v) is 6.13. The average molecular weight is 519 g/mol. The number of aliphatic hydroxyl groups is 2. The Morgan fingerprint density at radius 3 is 2.54 bits per heavy atom. The Labute approximate surface area is 206 Å². The molecule has 200 valence electrons. The summed E-state index contributed by atoms with van der Waals surface area (Å²) < 4.78 is 44.9. The third kappa shape index (κ3) is 10.9. The van der Waals surface area contributed by atoms with Crippen molar-refractivity contribution in [2.45, 2.75) is 38.0 Å². The van der Waals surface area contributed by atoms with Crippen LogP contribution in [0.5, 0.6) is 0 Å². The largest absolute Gasteiger partial charge is 0.379 e. The standard InChI is InChI=1S/C22H39N5O7S/c1-24-15-18-14-17-4-2-3-5-20(17)27(18)9-6-21(28)26-19(16-35(30,31)32)22(29)25-8-11-34-13-12-33-10-7-23/h2-5,14,19,21-22,24-26,28-29H,6-13,15-16,23H2,1H3,(H,30,31,32)/p+1. The van der Waals surface area contributed by atoms with Gasteiger partial charge in [-0.1, -0.05) is 18.2 Å². The molecule has 0 saturated heterocycles. The van der Waals surface area contributed by atoms with Crippen molar-refractivity contribution < 1.29 is 38.0 Å². The Bertz CT molecular complexity index is 972. The number of aromatic nitrogens is 1. The maximum absolute atomic E-state index is 11.5. The molecule has 1 aromatic carbocycles. The van der Waals surface area contributed by atoms with E-state index in [0.29, 0.717) is 32.9 Å². The maximum atomic E-state index is 11.5. The Hall–Kier alpha value is -1.65. The third-order valence-electron chi connectivity index (χ3n) is 5.35. The molecule has 9 N–H and O–H groups in total. The van der Waals surface area contributed by atoms with Crippen LogP contribution < -0.4 is 21.7 Å². The van der Waals surface area contributed by atoms with Gasteiger partial charge in [0.1, 0.15) is 19.0 Å². The molecule has 35 heavy (non-hydrogen) atoms. The quantitative estimate of drug-likeness (QED) is 0.0611. The number of hydrogen-bond donors (Lipinski definition) is 7. The fourth-order valence-electron chi connectivity index (χ4n) is 3.78. The second-order valence-corrected chi connectivity index (χ2v) is 9.69. The van der Waals surface area contributed by atoms with E-state index < -0.39 is 34.4 Å². The lowest BCUT2D eigenvalue weighted by Crippen LogP contribution is -2.78. The fraction of sp³-hybridized carbons (Fsp3) is 0.636. The lowest BCUT2D eigenvalue weighted by atomic mass is 10.2. The summed E-state index contributed by atoms with van der Waals surface area (Å²) >= 11 is 0. The van der Waals surface area contributed by atoms with Crippen LogP contribution >= 0.6 is 0 Å². The van der Waals surface area contributed by atoms with Crippen molar-refractivity contribution in [2.75, 3.05) is 52.3 Å². The minimum atomic E-state index is -4.40. The van der Waals surface area contributed by atoms with Gasteiger partial charge in [-0.3, -0.25) is 15.2 Å². The zero-order chi connectivity index (χ0) is 25.7. The Morgan fingerprint density at radius 2 is 1.86 bits per heavy atom. The second-order valence-electron chi connectivity index (χ2n) is 8.20. The molecule has 3 atom stereocenters. The number of nitrogens with zero attached hydrogens (tertiary/aromatic N) is 1. The van der Waals surface area contributed by atoms with Crippen molar-refractivity contribution in [1.29, 1.82) is 0 Å². The SMILES string of the molecule is C[NH2+]Cc1cc2ccccc2n1CCC(O)NC(CS(=O)(=O)O)C(O)NCCOCCOCCN. The summed E-state index contributed by atoms with van der Waals surface area (Å²) in [5, 5.41) is 29.6. The zero-order valence-corrected chi connectivity index (χ0v) is 21.0. The first-order valence-corrected chi connectivity index (χ1v) is 13.4. The van der Waals surface area contributed by atoms with Crippen LogP contribution in [0.4, 0.5) is 0 Å². The van der Waals surface area contributed by atoms with Gasteiger partial charge in [0.05, 0.1) is 51.0 Å². The molecule has 0 aliphatic carbocycles. The van der Waals surface area contributed by atoms with E-state index >= 15 is 0 Å². The molecule has 12 nitrogen and oxygen atoms in total. The van der Waals surface area contributed by atoms with Crippen molar-refractivity contribution >= 4 is 21.0 Å². The average Bonchev–Trinajstić information content (AvgIpc) is 3.15. The first-order chi connectivity index (χ1) is 16.7. The molecule has 3 unspecified atom stereocenters. The van der Waals surface area contributed by atoms with E-state index in [0.717, 1.165) is 23.1 Å². The van der Waals surface area contributed by atoms with Crippen molar-refractivity contribution in [1.82, 2.24) is 15.2 Å². The van der Waals surface area contributed by atoms with Crippen LogP contribution in [0.25, 0.3) is 10.9 Å². The predicted octanol–water partition coefficient (Wildman–Crippen LogP) is -2.21. The Morgan fingerprint density at radius 1 is 1.14 bits per heavy atom. The number of quaternary nitrogens is 1. The van der Waals surface area contributed by atoms with Gasteiger partial charge in [0.25, 0.3) is 10.1 Å². The molecule has 0 aliphatic heterocycles. The highest BCUT2D eigenvalue weighted by Crippen LogP contribution is 2.20. The molecule has 0 spiro atoms. The van der Waals surface area contributed by atoms with Crippen LogP contribution in [-0.4, -0.2) is 98.6 Å². The summed E-state index contributed by atoms with van der Waals surface area (Å²) in [6.07, 6.45) is -2.20. The normalized spacial score (nSPS) is 14.9.